The normalized spacial score (nSPS) is 10.3. The van der Waals surface area contributed by atoms with Gasteiger partial charge in [-0.3, -0.25) is 4.79 Å². The van der Waals surface area contributed by atoms with Gasteiger partial charge in [0.2, 0.25) is 0 Å². The van der Waals surface area contributed by atoms with Crippen LogP contribution in [0, 0.1) is 9.39 Å². The van der Waals surface area contributed by atoms with Crippen LogP contribution in [0.4, 0.5) is 10.1 Å². The maximum Gasteiger partial charge on any atom is 0.256 e. The van der Waals surface area contributed by atoms with Gasteiger partial charge in [-0.05, 0) is 64.9 Å². The minimum absolute atomic E-state index is 0.250. The first-order valence-electron chi connectivity index (χ1n) is 6.01. The van der Waals surface area contributed by atoms with Crippen molar-refractivity contribution in [3.8, 4) is 0 Å². The van der Waals surface area contributed by atoms with Crippen LogP contribution in [0.5, 0.6) is 0 Å². The van der Waals surface area contributed by atoms with Crippen LogP contribution in [0.3, 0.4) is 0 Å². The third kappa shape index (κ3) is 3.93. The summed E-state index contributed by atoms with van der Waals surface area (Å²) >= 11 is 7.61. The maximum absolute atomic E-state index is 13.0. The summed E-state index contributed by atoms with van der Waals surface area (Å²) in [4.78, 5) is 12.1. The van der Waals surface area contributed by atoms with Crippen LogP contribution in [0.15, 0.2) is 42.5 Å². The number of rotatable bonds is 4. The Hall–Kier alpha value is -1.14. The lowest BCUT2D eigenvalue weighted by Crippen LogP contribution is -2.13. The monoisotopic (exact) mass is 403 g/mol. The molecule has 0 atom stereocenters. The van der Waals surface area contributed by atoms with E-state index in [2.05, 4.69) is 5.32 Å². The van der Waals surface area contributed by atoms with E-state index in [1.54, 1.807) is 0 Å². The van der Waals surface area contributed by atoms with Crippen LogP contribution >= 0.6 is 34.2 Å². The molecule has 0 bridgehead atoms. The first-order chi connectivity index (χ1) is 9.60. The lowest BCUT2D eigenvalue weighted by Gasteiger charge is -2.08. The molecule has 0 heterocycles. The number of hydrogen-bond acceptors (Lipinski definition) is 1. The van der Waals surface area contributed by atoms with E-state index >= 15 is 0 Å². The van der Waals surface area contributed by atoms with Gasteiger partial charge in [0.05, 0.1) is 5.56 Å². The van der Waals surface area contributed by atoms with Crippen LogP contribution in [-0.2, 0) is 6.42 Å². The fraction of sp³-hybridized carbons (Fsp3) is 0.133. The SMILES string of the molecule is O=C(Nc1ccc(CCCl)cc1)c1ccc(F)cc1I. The zero-order valence-corrected chi connectivity index (χ0v) is 13.4. The van der Waals surface area contributed by atoms with Crippen molar-refractivity contribution in [3.63, 3.8) is 0 Å². The summed E-state index contributed by atoms with van der Waals surface area (Å²) in [6, 6.07) is 11.6. The van der Waals surface area contributed by atoms with Crippen LogP contribution in [0.1, 0.15) is 15.9 Å². The van der Waals surface area contributed by atoms with Gasteiger partial charge in [0.15, 0.2) is 0 Å². The van der Waals surface area contributed by atoms with Crippen molar-refractivity contribution in [2.45, 2.75) is 6.42 Å². The minimum atomic E-state index is -0.351. The molecule has 2 aromatic rings. The van der Waals surface area contributed by atoms with Gasteiger partial charge in [-0.1, -0.05) is 12.1 Å². The number of carbonyl (C=O) groups is 1. The molecular weight excluding hydrogens is 392 g/mol. The molecule has 0 fully saturated rings. The van der Waals surface area contributed by atoms with Crippen molar-refractivity contribution in [3.05, 3.63) is 63.0 Å². The second-order valence-corrected chi connectivity index (χ2v) is 5.75. The number of halogens is 3. The highest BCUT2D eigenvalue weighted by atomic mass is 127. The smallest absolute Gasteiger partial charge is 0.256 e. The predicted molar refractivity (Wildman–Crippen MR) is 87.9 cm³/mol. The molecule has 0 saturated heterocycles. The number of anilines is 1. The largest absolute Gasteiger partial charge is 0.322 e. The molecule has 0 aliphatic rings. The van der Waals surface area contributed by atoms with Crippen molar-refractivity contribution in [2.24, 2.45) is 0 Å². The Kier molecular flexibility index (Phi) is 5.37. The predicted octanol–water partition coefficient (Wildman–Crippen LogP) is 4.46. The molecule has 0 aliphatic carbocycles. The van der Waals surface area contributed by atoms with Crippen molar-refractivity contribution >= 4 is 45.8 Å². The summed E-state index contributed by atoms with van der Waals surface area (Å²) in [7, 11) is 0. The minimum Gasteiger partial charge on any atom is -0.322 e. The standard InChI is InChI=1S/C15H12ClFINO/c16-8-7-10-1-4-12(5-2-10)19-15(20)13-6-3-11(17)9-14(13)18/h1-6,9H,7-8H2,(H,19,20). The molecule has 1 amide bonds. The fourth-order valence-electron chi connectivity index (χ4n) is 1.74. The van der Waals surface area contributed by atoms with E-state index in [1.807, 2.05) is 46.9 Å². The number of nitrogens with one attached hydrogen (secondary N) is 1. The zero-order valence-electron chi connectivity index (χ0n) is 10.5. The van der Waals surface area contributed by atoms with Gasteiger partial charge in [-0.15, -0.1) is 11.6 Å². The quantitative estimate of drug-likeness (QED) is 0.592. The van der Waals surface area contributed by atoms with Gasteiger partial charge in [-0.2, -0.15) is 0 Å². The molecule has 0 radical (unpaired) electrons. The summed E-state index contributed by atoms with van der Waals surface area (Å²) in [6.07, 6.45) is 0.797. The van der Waals surface area contributed by atoms with Crippen molar-refractivity contribution in [1.82, 2.24) is 0 Å². The average molecular weight is 404 g/mol. The molecule has 2 aromatic carbocycles. The van der Waals surface area contributed by atoms with Crippen LogP contribution in [0.25, 0.3) is 0 Å². The van der Waals surface area contributed by atoms with E-state index < -0.39 is 0 Å². The Bertz CT molecular complexity index is 616. The summed E-state index contributed by atoms with van der Waals surface area (Å²) in [5.74, 6) is -0.0321. The molecule has 1 N–H and O–H groups in total. The molecule has 2 rings (SSSR count). The highest BCUT2D eigenvalue weighted by Gasteiger charge is 2.10. The number of carbonyl (C=O) groups excluding carboxylic acids is 1. The van der Waals surface area contributed by atoms with E-state index in [-0.39, 0.29) is 11.7 Å². The van der Waals surface area contributed by atoms with E-state index in [0.29, 0.717) is 20.7 Å². The number of alkyl halides is 1. The lowest BCUT2D eigenvalue weighted by molar-refractivity contribution is 0.102. The molecule has 0 aromatic heterocycles. The number of hydrogen-bond donors (Lipinski definition) is 1. The average Bonchev–Trinajstić information content (AvgIpc) is 2.41. The molecule has 2 nitrogen and oxygen atoms in total. The topological polar surface area (TPSA) is 29.1 Å². The van der Waals surface area contributed by atoms with Gasteiger partial charge in [0.25, 0.3) is 5.91 Å². The second-order valence-electron chi connectivity index (χ2n) is 4.21. The van der Waals surface area contributed by atoms with Gasteiger partial charge in [-0.25, -0.2) is 4.39 Å². The summed E-state index contributed by atoms with van der Waals surface area (Å²) in [6.45, 7) is 0. The van der Waals surface area contributed by atoms with Crippen LogP contribution in [-0.4, -0.2) is 11.8 Å². The van der Waals surface area contributed by atoms with E-state index in [0.717, 1.165) is 12.0 Å². The van der Waals surface area contributed by atoms with Gasteiger partial charge >= 0.3 is 0 Å². The first-order valence-corrected chi connectivity index (χ1v) is 7.63. The summed E-state index contributed by atoms with van der Waals surface area (Å²) in [5, 5.41) is 2.79. The van der Waals surface area contributed by atoms with E-state index in [1.165, 1.54) is 18.2 Å². The third-order valence-corrected chi connectivity index (χ3v) is 3.85. The molecule has 0 unspecified atom stereocenters. The Labute approximate surface area is 135 Å². The number of aryl methyl sites for hydroxylation is 1. The maximum atomic E-state index is 13.0. The van der Waals surface area contributed by atoms with Crippen molar-refractivity contribution in [1.29, 1.82) is 0 Å². The van der Waals surface area contributed by atoms with Crippen molar-refractivity contribution in [2.75, 3.05) is 11.2 Å². The summed E-state index contributed by atoms with van der Waals surface area (Å²) in [5.41, 5.74) is 2.28. The highest BCUT2D eigenvalue weighted by molar-refractivity contribution is 14.1. The zero-order chi connectivity index (χ0) is 14.5. The molecular formula is C15H12ClFINO. The lowest BCUT2D eigenvalue weighted by atomic mass is 10.1. The van der Waals surface area contributed by atoms with Crippen LogP contribution < -0.4 is 5.32 Å². The van der Waals surface area contributed by atoms with E-state index in [4.69, 9.17) is 11.6 Å². The Morgan fingerprint density at radius 2 is 1.90 bits per heavy atom. The molecule has 5 heteroatoms. The first kappa shape index (κ1) is 15.3. The molecule has 20 heavy (non-hydrogen) atoms. The van der Waals surface area contributed by atoms with Crippen LogP contribution in [0.2, 0.25) is 0 Å². The van der Waals surface area contributed by atoms with Gasteiger partial charge in [0.1, 0.15) is 5.82 Å². The fourth-order valence-corrected chi connectivity index (χ4v) is 2.68. The Morgan fingerprint density at radius 3 is 2.50 bits per heavy atom. The molecule has 104 valence electrons. The molecule has 0 saturated carbocycles. The second kappa shape index (κ2) is 7.04. The Balaban J connectivity index is 2.11. The highest BCUT2D eigenvalue weighted by Crippen LogP contribution is 2.17. The van der Waals surface area contributed by atoms with E-state index in [9.17, 15) is 9.18 Å². The molecule has 0 aliphatic heterocycles. The number of benzene rings is 2. The van der Waals surface area contributed by atoms with Gasteiger partial charge in [0, 0.05) is 15.1 Å². The van der Waals surface area contributed by atoms with Gasteiger partial charge < -0.3 is 5.32 Å². The third-order valence-electron chi connectivity index (χ3n) is 2.77. The summed E-state index contributed by atoms with van der Waals surface area (Å²) < 4.78 is 13.6. The number of amides is 1. The Morgan fingerprint density at radius 1 is 1.20 bits per heavy atom. The molecule has 0 spiro atoms. The van der Waals surface area contributed by atoms with Crippen molar-refractivity contribution < 1.29 is 9.18 Å².